The largest absolute Gasteiger partial charge is 0.364 e. The lowest BCUT2D eigenvalue weighted by Crippen LogP contribution is -2.33. The van der Waals surface area contributed by atoms with Crippen LogP contribution in [0.5, 0.6) is 0 Å². The zero-order valence-electron chi connectivity index (χ0n) is 6.73. The topological polar surface area (TPSA) is 43.1 Å². The SMILES string of the molecule is NC(=O)C(F)(F)c1cc(F)ccc1Cl. The van der Waals surface area contributed by atoms with Gasteiger partial charge in [0.1, 0.15) is 5.82 Å². The first-order valence-corrected chi connectivity index (χ1v) is 3.86. The zero-order valence-corrected chi connectivity index (χ0v) is 7.49. The van der Waals surface area contributed by atoms with Crippen molar-refractivity contribution in [2.24, 2.45) is 5.73 Å². The molecule has 0 aliphatic heterocycles. The normalized spacial score (nSPS) is 11.4. The highest BCUT2D eigenvalue weighted by Crippen LogP contribution is 2.33. The first kappa shape index (κ1) is 10.8. The van der Waals surface area contributed by atoms with E-state index in [2.05, 4.69) is 5.73 Å². The molecule has 76 valence electrons. The fourth-order valence-electron chi connectivity index (χ4n) is 0.871. The summed E-state index contributed by atoms with van der Waals surface area (Å²) >= 11 is 5.37. The van der Waals surface area contributed by atoms with Crippen molar-refractivity contribution in [3.8, 4) is 0 Å². The van der Waals surface area contributed by atoms with Gasteiger partial charge in [0.25, 0.3) is 5.91 Å². The molecular weight excluding hydrogens is 219 g/mol. The van der Waals surface area contributed by atoms with Crippen LogP contribution >= 0.6 is 11.6 Å². The van der Waals surface area contributed by atoms with Crippen molar-refractivity contribution in [2.45, 2.75) is 5.92 Å². The molecular formula is C8H5ClF3NO. The summed E-state index contributed by atoms with van der Waals surface area (Å²) in [4.78, 5) is 10.4. The van der Waals surface area contributed by atoms with Crippen molar-refractivity contribution in [3.05, 3.63) is 34.6 Å². The molecule has 0 radical (unpaired) electrons. The molecule has 0 bridgehead atoms. The van der Waals surface area contributed by atoms with Gasteiger partial charge in [-0.2, -0.15) is 8.78 Å². The molecule has 1 aromatic carbocycles. The van der Waals surface area contributed by atoms with Gasteiger partial charge < -0.3 is 5.73 Å². The highest BCUT2D eigenvalue weighted by molar-refractivity contribution is 6.31. The quantitative estimate of drug-likeness (QED) is 0.819. The van der Waals surface area contributed by atoms with Crippen molar-refractivity contribution in [1.82, 2.24) is 0 Å². The second kappa shape index (κ2) is 3.49. The maximum atomic E-state index is 13.0. The van der Waals surface area contributed by atoms with Crippen molar-refractivity contribution in [1.29, 1.82) is 0 Å². The second-order valence-electron chi connectivity index (χ2n) is 2.56. The van der Waals surface area contributed by atoms with Gasteiger partial charge in [-0.25, -0.2) is 4.39 Å². The number of carbonyl (C=O) groups excluding carboxylic acids is 1. The molecule has 1 aromatic rings. The molecule has 0 spiro atoms. The van der Waals surface area contributed by atoms with E-state index in [1.54, 1.807) is 0 Å². The molecule has 0 heterocycles. The first-order chi connectivity index (χ1) is 6.35. The van der Waals surface area contributed by atoms with Gasteiger partial charge in [0.15, 0.2) is 0 Å². The van der Waals surface area contributed by atoms with Crippen LogP contribution < -0.4 is 5.73 Å². The van der Waals surface area contributed by atoms with E-state index in [1.165, 1.54) is 0 Å². The van der Waals surface area contributed by atoms with Crippen LogP contribution in [0.3, 0.4) is 0 Å². The molecule has 0 atom stereocenters. The Kier molecular flexibility index (Phi) is 2.71. The Morgan fingerprint density at radius 1 is 1.43 bits per heavy atom. The fourth-order valence-corrected chi connectivity index (χ4v) is 1.11. The smallest absolute Gasteiger partial charge is 0.351 e. The average molecular weight is 224 g/mol. The number of halogens is 4. The molecule has 0 saturated heterocycles. The third-order valence-corrected chi connectivity index (χ3v) is 1.91. The lowest BCUT2D eigenvalue weighted by molar-refractivity contribution is -0.143. The van der Waals surface area contributed by atoms with Crippen molar-refractivity contribution >= 4 is 17.5 Å². The van der Waals surface area contributed by atoms with E-state index in [0.717, 1.165) is 12.1 Å². The van der Waals surface area contributed by atoms with Crippen LogP contribution in [-0.4, -0.2) is 5.91 Å². The standard InChI is InChI=1S/C8H5ClF3NO/c9-6-2-1-4(10)3-5(6)8(11,12)7(13)14/h1-3H,(H2,13,14). The number of rotatable bonds is 2. The summed E-state index contributed by atoms with van der Waals surface area (Å²) in [5.41, 5.74) is 3.53. The minimum atomic E-state index is -3.96. The molecule has 14 heavy (non-hydrogen) atoms. The maximum Gasteiger partial charge on any atom is 0.351 e. The Morgan fingerprint density at radius 3 is 2.50 bits per heavy atom. The van der Waals surface area contributed by atoms with E-state index in [0.29, 0.717) is 6.07 Å². The molecule has 2 nitrogen and oxygen atoms in total. The third-order valence-electron chi connectivity index (χ3n) is 1.58. The van der Waals surface area contributed by atoms with E-state index in [9.17, 15) is 18.0 Å². The number of nitrogens with two attached hydrogens (primary N) is 1. The summed E-state index contributed by atoms with van der Waals surface area (Å²) in [5, 5.41) is -0.407. The predicted octanol–water partition coefficient (Wildman–Crippen LogP) is 2.06. The van der Waals surface area contributed by atoms with Gasteiger partial charge in [-0.05, 0) is 18.2 Å². The van der Waals surface area contributed by atoms with Crippen LogP contribution in [0.25, 0.3) is 0 Å². The molecule has 0 unspecified atom stereocenters. The molecule has 0 saturated carbocycles. The molecule has 0 fully saturated rings. The minimum Gasteiger partial charge on any atom is -0.364 e. The van der Waals surface area contributed by atoms with Crippen LogP contribution in [0, 0.1) is 5.82 Å². The fraction of sp³-hybridized carbons (Fsp3) is 0.125. The Balaban J connectivity index is 3.31. The molecule has 2 N–H and O–H groups in total. The summed E-state index contributed by atoms with van der Waals surface area (Å²) in [6.07, 6.45) is 0. The minimum absolute atomic E-state index is 0.407. The Hall–Kier alpha value is -1.23. The number of hydrogen-bond acceptors (Lipinski definition) is 1. The van der Waals surface area contributed by atoms with Gasteiger partial charge in [0, 0.05) is 0 Å². The van der Waals surface area contributed by atoms with Gasteiger partial charge in [-0.3, -0.25) is 4.79 Å². The monoisotopic (exact) mass is 223 g/mol. The second-order valence-corrected chi connectivity index (χ2v) is 2.97. The predicted molar refractivity (Wildman–Crippen MR) is 44.5 cm³/mol. The van der Waals surface area contributed by atoms with Gasteiger partial charge in [-0.15, -0.1) is 0 Å². The van der Waals surface area contributed by atoms with Crippen LogP contribution in [-0.2, 0) is 10.7 Å². The van der Waals surface area contributed by atoms with Crippen LogP contribution in [0.15, 0.2) is 18.2 Å². The van der Waals surface area contributed by atoms with E-state index >= 15 is 0 Å². The van der Waals surface area contributed by atoms with E-state index < -0.39 is 28.2 Å². The van der Waals surface area contributed by atoms with Crippen LogP contribution in [0.4, 0.5) is 13.2 Å². The Labute approximate surface area is 82.5 Å². The van der Waals surface area contributed by atoms with E-state index in [1.807, 2.05) is 0 Å². The molecule has 0 aromatic heterocycles. The number of carbonyl (C=O) groups is 1. The van der Waals surface area contributed by atoms with Crippen molar-refractivity contribution < 1.29 is 18.0 Å². The summed E-state index contributed by atoms with van der Waals surface area (Å²) in [6, 6.07) is 2.32. The molecule has 0 aliphatic carbocycles. The number of amides is 1. The molecule has 1 amide bonds. The number of benzene rings is 1. The number of primary amides is 1. The summed E-state index contributed by atoms with van der Waals surface area (Å²) < 4.78 is 38.6. The molecule has 1 rings (SSSR count). The third kappa shape index (κ3) is 1.82. The summed E-state index contributed by atoms with van der Waals surface area (Å²) in [7, 11) is 0. The van der Waals surface area contributed by atoms with Crippen LogP contribution in [0.2, 0.25) is 5.02 Å². The highest BCUT2D eigenvalue weighted by Gasteiger charge is 2.40. The average Bonchev–Trinajstić information content (AvgIpc) is 2.08. The highest BCUT2D eigenvalue weighted by atomic mass is 35.5. The van der Waals surface area contributed by atoms with Crippen molar-refractivity contribution in [3.63, 3.8) is 0 Å². The molecule has 6 heteroatoms. The molecule has 0 aliphatic rings. The number of hydrogen-bond donors (Lipinski definition) is 1. The van der Waals surface area contributed by atoms with E-state index in [-0.39, 0.29) is 0 Å². The van der Waals surface area contributed by atoms with Gasteiger partial charge in [-0.1, -0.05) is 11.6 Å². The van der Waals surface area contributed by atoms with Gasteiger partial charge >= 0.3 is 5.92 Å². The van der Waals surface area contributed by atoms with Crippen molar-refractivity contribution in [2.75, 3.05) is 0 Å². The Morgan fingerprint density at radius 2 is 2.00 bits per heavy atom. The lowest BCUT2D eigenvalue weighted by atomic mass is 10.1. The maximum absolute atomic E-state index is 13.0. The van der Waals surface area contributed by atoms with Gasteiger partial charge in [0.05, 0.1) is 10.6 Å². The lowest BCUT2D eigenvalue weighted by Gasteiger charge is -2.13. The summed E-state index contributed by atoms with van der Waals surface area (Å²) in [6.45, 7) is 0. The van der Waals surface area contributed by atoms with Gasteiger partial charge in [0.2, 0.25) is 0 Å². The summed E-state index contributed by atoms with van der Waals surface area (Å²) in [5.74, 6) is -6.74. The van der Waals surface area contributed by atoms with E-state index in [4.69, 9.17) is 11.6 Å². The van der Waals surface area contributed by atoms with Crippen LogP contribution in [0.1, 0.15) is 5.56 Å². The first-order valence-electron chi connectivity index (χ1n) is 3.49. The zero-order chi connectivity index (χ0) is 10.9. The number of alkyl halides is 2. The Bertz CT molecular complexity index is 381.